The summed E-state index contributed by atoms with van der Waals surface area (Å²) in [7, 11) is 0. The molecule has 8 nitrogen and oxygen atoms in total. The van der Waals surface area contributed by atoms with E-state index in [-0.39, 0.29) is 45.9 Å². The van der Waals surface area contributed by atoms with Crippen molar-refractivity contribution in [2.45, 2.75) is 30.2 Å². The summed E-state index contributed by atoms with van der Waals surface area (Å²) >= 11 is 2.38. The van der Waals surface area contributed by atoms with Crippen molar-refractivity contribution < 1.29 is 50.0 Å². The largest absolute Gasteiger partial charge is 0.363 e. The first-order valence-electron chi connectivity index (χ1n) is 12.7. The molecule has 4 amide bonds. The van der Waals surface area contributed by atoms with E-state index < -0.39 is 17.8 Å². The molecular weight excluding hydrogens is 750 g/mol. The van der Waals surface area contributed by atoms with Crippen LogP contribution in [-0.4, -0.2) is 44.5 Å². The topological polar surface area (TPSA) is 101 Å². The summed E-state index contributed by atoms with van der Waals surface area (Å²) in [5, 5.41) is 0.560. The molecule has 212 valence electrons. The third kappa shape index (κ3) is 8.32. The van der Waals surface area contributed by atoms with Crippen LogP contribution in [0.15, 0.2) is 84.9 Å². The summed E-state index contributed by atoms with van der Waals surface area (Å²) in [4.78, 5) is 66.1. The molecule has 0 N–H and O–H groups in total. The second-order valence-corrected chi connectivity index (χ2v) is 12.3. The minimum atomic E-state index is -0.707. The number of benzene rings is 3. The average molecular weight is 777 g/mol. The maximum Gasteiger partial charge on any atom is 0.363 e. The molecule has 0 atom stereocenters. The van der Waals surface area contributed by atoms with E-state index >= 15 is 0 Å². The van der Waals surface area contributed by atoms with Gasteiger partial charge in [-0.2, -0.15) is 0 Å². The van der Waals surface area contributed by atoms with Crippen molar-refractivity contribution in [2.75, 3.05) is 4.93 Å². The van der Waals surface area contributed by atoms with E-state index in [0.29, 0.717) is 17.2 Å². The number of imide groups is 2. The monoisotopic (exact) mass is 777 g/mol. The minimum Gasteiger partial charge on any atom is -0.325 e. The molecule has 41 heavy (non-hydrogen) atoms. The molecule has 2 aliphatic heterocycles. The molecular formula is C31H27I2N2O6-. The second kappa shape index (κ2) is 14.5. The van der Waals surface area contributed by atoms with Gasteiger partial charge in [-0.15, -0.1) is 5.06 Å². The Kier molecular flexibility index (Phi) is 10.8. The Morgan fingerprint density at radius 2 is 1.37 bits per heavy atom. The molecule has 2 aliphatic rings. The predicted molar refractivity (Wildman–Crippen MR) is 156 cm³/mol. The first-order valence-corrected chi connectivity index (χ1v) is 17.5. The Balaban J connectivity index is 0.000000208. The van der Waals surface area contributed by atoms with Gasteiger partial charge in [0.2, 0.25) is 0 Å². The number of carbonyl (C=O) groups excluding carboxylic acids is 5. The third-order valence-electron chi connectivity index (χ3n) is 6.30. The zero-order valence-corrected chi connectivity index (χ0v) is 26.5. The molecule has 0 saturated carbocycles. The first kappa shape index (κ1) is 30.6. The van der Waals surface area contributed by atoms with Gasteiger partial charge in [-0.05, 0) is 35.2 Å². The quantitative estimate of drug-likeness (QED) is 0.195. The predicted octanol–water partition coefficient (Wildman–Crippen LogP) is 1.43. The van der Waals surface area contributed by atoms with Crippen LogP contribution in [0.25, 0.3) is 0 Å². The van der Waals surface area contributed by atoms with Crippen LogP contribution in [0.1, 0.15) is 45.5 Å². The van der Waals surface area contributed by atoms with Crippen LogP contribution in [0.4, 0.5) is 0 Å². The Morgan fingerprint density at radius 3 is 1.93 bits per heavy atom. The van der Waals surface area contributed by atoms with Gasteiger partial charge in [0, 0.05) is 17.3 Å². The van der Waals surface area contributed by atoms with Gasteiger partial charge in [0.15, 0.2) is 0 Å². The van der Waals surface area contributed by atoms with Gasteiger partial charge >= 0.3 is 111 Å². The van der Waals surface area contributed by atoms with E-state index in [1.54, 1.807) is 12.1 Å². The number of carbonyl (C=O) groups is 5. The maximum absolute atomic E-state index is 12.1. The number of alkyl halides is 2. The van der Waals surface area contributed by atoms with Crippen molar-refractivity contribution in [1.82, 2.24) is 9.96 Å². The van der Waals surface area contributed by atoms with Crippen molar-refractivity contribution in [3.63, 3.8) is 0 Å². The number of hydrogen-bond donors (Lipinski definition) is 0. The number of rotatable bonds is 8. The van der Waals surface area contributed by atoms with Gasteiger partial charge in [0.25, 0.3) is 11.8 Å². The average Bonchev–Trinajstić information content (AvgIpc) is 3.48. The van der Waals surface area contributed by atoms with E-state index in [1.807, 2.05) is 24.3 Å². The van der Waals surface area contributed by atoms with Gasteiger partial charge in [-0.1, -0.05) is 59.0 Å². The Morgan fingerprint density at radius 1 is 0.805 bits per heavy atom. The maximum atomic E-state index is 12.1. The number of amides is 4. The van der Waals surface area contributed by atoms with E-state index in [1.165, 1.54) is 31.7 Å². The van der Waals surface area contributed by atoms with Gasteiger partial charge in [0.05, 0.1) is 5.56 Å². The normalized spacial score (nSPS) is 14.5. The molecule has 3 aromatic rings. The minimum absolute atomic E-state index is 0.0467. The first-order chi connectivity index (χ1) is 19.8. The molecule has 0 spiro atoms. The summed E-state index contributed by atoms with van der Waals surface area (Å²) in [6.45, 7) is 0.377. The van der Waals surface area contributed by atoms with E-state index in [2.05, 4.69) is 63.9 Å². The van der Waals surface area contributed by atoms with Gasteiger partial charge in [-0.25, -0.2) is 4.79 Å². The van der Waals surface area contributed by atoms with Crippen LogP contribution in [0.5, 0.6) is 0 Å². The van der Waals surface area contributed by atoms with Crippen LogP contribution in [0, 0.1) is 3.57 Å². The summed E-state index contributed by atoms with van der Waals surface area (Å²) < 4.78 is 2.31. The zero-order valence-electron chi connectivity index (χ0n) is 22.2. The van der Waals surface area contributed by atoms with E-state index in [9.17, 15) is 24.0 Å². The summed E-state index contributed by atoms with van der Waals surface area (Å²) in [6, 6.07) is 23.5. The van der Waals surface area contributed by atoms with Crippen LogP contribution in [0.2, 0.25) is 0 Å². The van der Waals surface area contributed by atoms with Crippen LogP contribution >= 0.6 is 22.6 Å². The molecule has 5 rings (SSSR count). The van der Waals surface area contributed by atoms with Crippen LogP contribution in [0.3, 0.4) is 0 Å². The Bertz CT molecular complexity index is 1450. The second-order valence-electron chi connectivity index (χ2n) is 9.20. The van der Waals surface area contributed by atoms with Crippen molar-refractivity contribution in [3.05, 3.63) is 116 Å². The molecule has 2 heterocycles. The molecule has 10 heteroatoms. The molecule has 0 aromatic heterocycles. The smallest absolute Gasteiger partial charge is 0.325 e. The zero-order chi connectivity index (χ0) is 29.4. The van der Waals surface area contributed by atoms with Crippen molar-refractivity contribution >= 4 is 52.2 Å². The fourth-order valence-corrected chi connectivity index (χ4v) is 5.84. The molecule has 1 saturated heterocycles. The fraction of sp³-hybridized carbons (Fsp3) is 0.194. The summed E-state index contributed by atoms with van der Waals surface area (Å²) in [5.41, 5.74) is 4.86. The molecule has 0 unspecified atom stereocenters. The summed E-state index contributed by atoms with van der Waals surface area (Å²) in [5.74, 6) is -2.11. The van der Waals surface area contributed by atoms with E-state index in [0.717, 1.165) is 22.0 Å². The molecule has 0 radical (unpaired) electrons. The molecule has 0 bridgehead atoms. The van der Waals surface area contributed by atoms with Gasteiger partial charge in [-0.3, -0.25) is 9.59 Å². The molecule has 3 aromatic carbocycles. The van der Waals surface area contributed by atoms with Crippen LogP contribution in [-0.2, 0) is 41.4 Å². The van der Waals surface area contributed by atoms with Crippen molar-refractivity contribution in [3.8, 4) is 0 Å². The fourth-order valence-electron chi connectivity index (χ4n) is 4.06. The van der Waals surface area contributed by atoms with Crippen molar-refractivity contribution in [2.24, 2.45) is 0 Å². The number of nitrogens with zero attached hydrogens (tertiary/aromatic N) is 2. The third-order valence-corrected chi connectivity index (χ3v) is 9.10. The summed E-state index contributed by atoms with van der Waals surface area (Å²) in [6.07, 6.45) is 3.57. The molecule has 0 aliphatic carbocycles. The Hall–Kier alpha value is -3.39. The Labute approximate surface area is 262 Å². The van der Waals surface area contributed by atoms with Gasteiger partial charge in [0.1, 0.15) is 0 Å². The number of hydroxylamine groups is 2. The molecule has 1 fully saturated rings. The van der Waals surface area contributed by atoms with Gasteiger partial charge < -0.3 is 4.84 Å². The number of hydrogen-bond acceptors (Lipinski definition) is 6. The number of halogens is 2. The van der Waals surface area contributed by atoms with Crippen molar-refractivity contribution in [1.29, 1.82) is 0 Å². The SMILES string of the molecule is C[I-]c1cccc(CN2C(=O)C=CC2=O)c1.O=C(ON1C(=O)CCC1=O)c1ccc(Cc2ccc(CI)cc2)cc1. The standard InChI is InChI=1S/C19H16INO4.C12H11INO2/c20-12-15-3-1-13(2-4-15)11-14-5-7-16(8-6-14)19(24)25-21-17(22)9-10-18(21)23;1-13-10-4-2-3-9(7-10)8-14-11(15)5-6-12(14)16/h1-8H,9-12H2;2-7H,8H2,1H3/q;-1. The van der Waals surface area contributed by atoms with E-state index in [4.69, 9.17) is 4.84 Å². The van der Waals surface area contributed by atoms with Crippen LogP contribution < -0.4 is 21.2 Å².